The zero-order valence-electron chi connectivity index (χ0n) is 17.8. The molecule has 8 heteroatoms. The van der Waals surface area contributed by atoms with Crippen molar-refractivity contribution in [1.29, 1.82) is 0 Å². The molecular weight excluding hydrogens is 462 g/mol. The van der Waals surface area contributed by atoms with Gasteiger partial charge in [0.25, 0.3) is 5.91 Å². The molecule has 3 rings (SSSR count). The van der Waals surface area contributed by atoms with Crippen molar-refractivity contribution < 1.29 is 19.1 Å². The first kappa shape index (κ1) is 22.8. The summed E-state index contributed by atoms with van der Waals surface area (Å²) in [5.41, 5.74) is 1.67. The average molecular weight is 488 g/mol. The van der Waals surface area contributed by atoms with E-state index in [1.54, 1.807) is 41.3 Å². The molecule has 0 spiro atoms. The molecule has 1 unspecified atom stereocenters. The quantitative estimate of drug-likeness (QED) is 0.618. The van der Waals surface area contributed by atoms with E-state index in [0.29, 0.717) is 40.1 Å². The summed E-state index contributed by atoms with van der Waals surface area (Å²) >= 11 is 3.37. The molecule has 1 fully saturated rings. The third-order valence-corrected chi connectivity index (χ3v) is 5.86. The van der Waals surface area contributed by atoms with E-state index in [9.17, 15) is 14.4 Å². The Morgan fingerprint density at radius 1 is 1.16 bits per heavy atom. The van der Waals surface area contributed by atoms with Crippen molar-refractivity contribution in [3.63, 3.8) is 0 Å². The molecule has 1 atom stereocenters. The van der Waals surface area contributed by atoms with Crippen LogP contribution in [0.1, 0.15) is 37.0 Å². The van der Waals surface area contributed by atoms with Crippen molar-refractivity contribution in [3.8, 4) is 5.75 Å². The lowest BCUT2D eigenvalue weighted by Crippen LogP contribution is -2.47. The van der Waals surface area contributed by atoms with Crippen LogP contribution in [0.5, 0.6) is 5.75 Å². The van der Waals surface area contributed by atoms with Crippen molar-refractivity contribution in [3.05, 3.63) is 52.5 Å². The van der Waals surface area contributed by atoms with Crippen molar-refractivity contribution in [2.24, 2.45) is 5.92 Å². The number of nitrogens with one attached hydrogen (secondary N) is 2. The first-order valence-corrected chi connectivity index (χ1v) is 11.0. The predicted molar refractivity (Wildman–Crippen MR) is 123 cm³/mol. The maximum absolute atomic E-state index is 13.0. The summed E-state index contributed by atoms with van der Waals surface area (Å²) in [6, 6.07) is 11.5. The number of methoxy groups -OCH3 is 1. The van der Waals surface area contributed by atoms with Gasteiger partial charge in [0.15, 0.2) is 0 Å². The molecule has 164 valence electrons. The molecule has 0 aliphatic carbocycles. The average Bonchev–Trinajstić information content (AvgIpc) is 3.17. The van der Waals surface area contributed by atoms with E-state index in [2.05, 4.69) is 26.6 Å². The molecule has 0 aromatic heterocycles. The number of rotatable bonds is 7. The third kappa shape index (κ3) is 5.25. The normalized spacial score (nSPS) is 14.5. The van der Waals surface area contributed by atoms with Gasteiger partial charge in [-0.15, -0.1) is 0 Å². The van der Waals surface area contributed by atoms with Crippen LogP contribution < -0.4 is 20.3 Å². The Balaban J connectivity index is 1.75. The monoisotopic (exact) mass is 487 g/mol. The second-order valence-corrected chi connectivity index (χ2v) is 8.55. The number of hydrogen-bond donors (Lipinski definition) is 2. The lowest BCUT2D eigenvalue weighted by Gasteiger charge is -2.23. The molecule has 2 N–H and O–H groups in total. The van der Waals surface area contributed by atoms with Crippen LogP contribution in [0, 0.1) is 5.92 Å². The fraction of sp³-hybridized carbons (Fsp3) is 0.348. The van der Waals surface area contributed by atoms with Gasteiger partial charge in [-0.2, -0.15) is 0 Å². The molecule has 1 aliphatic rings. The molecule has 1 aliphatic heterocycles. The highest BCUT2D eigenvalue weighted by molar-refractivity contribution is 9.10. The summed E-state index contributed by atoms with van der Waals surface area (Å²) in [4.78, 5) is 39.4. The Morgan fingerprint density at radius 3 is 2.52 bits per heavy atom. The summed E-state index contributed by atoms with van der Waals surface area (Å²) in [6.07, 6.45) is 1.34. The van der Waals surface area contributed by atoms with E-state index < -0.39 is 6.04 Å². The Morgan fingerprint density at radius 2 is 1.90 bits per heavy atom. The van der Waals surface area contributed by atoms with Crippen LogP contribution in [-0.2, 0) is 9.59 Å². The second kappa shape index (κ2) is 9.96. The Kier molecular flexibility index (Phi) is 7.33. The molecular formula is C23H26BrN3O4. The van der Waals surface area contributed by atoms with Gasteiger partial charge in [-0.1, -0.05) is 26.0 Å². The van der Waals surface area contributed by atoms with Gasteiger partial charge in [-0.25, -0.2) is 0 Å². The zero-order valence-corrected chi connectivity index (χ0v) is 19.4. The van der Waals surface area contributed by atoms with Crippen LogP contribution in [0.3, 0.4) is 0 Å². The molecule has 0 radical (unpaired) electrons. The number of ether oxygens (including phenoxy) is 1. The van der Waals surface area contributed by atoms with E-state index >= 15 is 0 Å². The van der Waals surface area contributed by atoms with Gasteiger partial charge in [-0.05, 0) is 52.5 Å². The fourth-order valence-electron chi connectivity index (χ4n) is 3.50. The van der Waals surface area contributed by atoms with Crippen LogP contribution in [-0.4, -0.2) is 37.4 Å². The number of hydrogen-bond acceptors (Lipinski definition) is 4. The summed E-state index contributed by atoms with van der Waals surface area (Å²) in [5.74, 6) is -0.227. The molecule has 7 nitrogen and oxygen atoms in total. The third-order valence-electron chi connectivity index (χ3n) is 5.17. The number of carbonyl (C=O) groups is 3. The predicted octanol–water partition coefficient (Wildman–Crippen LogP) is 3.98. The van der Waals surface area contributed by atoms with E-state index in [4.69, 9.17) is 4.74 Å². The SMILES string of the molecule is COc1cc(NC(=O)C(NC(=O)c2ccccc2Br)C(C)C)ccc1N1CCCC1=O. The number of nitrogens with zero attached hydrogens (tertiary/aromatic N) is 1. The Labute approximate surface area is 190 Å². The van der Waals surface area contributed by atoms with Crippen molar-refractivity contribution >= 4 is 45.0 Å². The Bertz CT molecular complexity index is 993. The molecule has 3 amide bonds. The minimum Gasteiger partial charge on any atom is -0.494 e. The van der Waals surface area contributed by atoms with Gasteiger partial charge in [0.1, 0.15) is 11.8 Å². The Hall–Kier alpha value is -2.87. The second-order valence-electron chi connectivity index (χ2n) is 7.70. The highest BCUT2D eigenvalue weighted by Crippen LogP contribution is 2.34. The minimum absolute atomic E-state index is 0.0599. The van der Waals surface area contributed by atoms with Crippen molar-refractivity contribution in [1.82, 2.24) is 5.32 Å². The van der Waals surface area contributed by atoms with Gasteiger partial charge in [0, 0.05) is 29.2 Å². The van der Waals surface area contributed by atoms with E-state index in [0.717, 1.165) is 6.42 Å². The highest BCUT2D eigenvalue weighted by atomic mass is 79.9. The van der Waals surface area contributed by atoms with Crippen molar-refractivity contribution in [2.45, 2.75) is 32.7 Å². The zero-order chi connectivity index (χ0) is 22.5. The number of benzene rings is 2. The number of halogens is 1. The van der Waals surface area contributed by atoms with E-state index in [1.807, 2.05) is 19.9 Å². The van der Waals surface area contributed by atoms with E-state index in [1.165, 1.54) is 7.11 Å². The molecule has 2 aromatic carbocycles. The molecule has 1 heterocycles. The number of carbonyl (C=O) groups excluding carboxylic acids is 3. The van der Waals surface area contributed by atoms with Crippen LogP contribution in [0.4, 0.5) is 11.4 Å². The lowest BCUT2D eigenvalue weighted by molar-refractivity contribution is -0.119. The van der Waals surface area contributed by atoms with Gasteiger partial charge >= 0.3 is 0 Å². The minimum atomic E-state index is -0.731. The van der Waals surface area contributed by atoms with Crippen LogP contribution >= 0.6 is 15.9 Å². The highest BCUT2D eigenvalue weighted by Gasteiger charge is 2.27. The van der Waals surface area contributed by atoms with Crippen molar-refractivity contribution in [2.75, 3.05) is 23.9 Å². The standard InChI is InChI=1S/C23H26BrN3O4/c1-14(2)21(26-22(29)16-7-4-5-8-17(16)24)23(30)25-15-10-11-18(19(13-15)31-3)27-12-6-9-20(27)28/h4-5,7-8,10-11,13-14,21H,6,9,12H2,1-3H3,(H,25,30)(H,26,29). The van der Waals surface area contributed by atoms with Gasteiger partial charge in [0.2, 0.25) is 11.8 Å². The lowest BCUT2D eigenvalue weighted by atomic mass is 10.0. The summed E-state index contributed by atoms with van der Waals surface area (Å²) in [5, 5.41) is 5.67. The first-order chi connectivity index (χ1) is 14.8. The van der Waals surface area contributed by atoms with Gasteiger partial charge in [0.05, 0.1) is 18.4 Å². The smallest absolute Gasteiger partial charge is 0.253 e. The maximum Gasteiger partial charge on any atom is 0.253 e. The fourth-order valence-corrected chi connectivity index (χ4v) is 3.97. The van der Waals surface area contributed by atoms with Crippen LogP contribution in [0.25, 0.3) is 0 Å². The molecule has 1 saturated heterocycles. The maximum atomic E-state index is 13.0. The molecule has 0 bridgehead atoms. The number of amides is 3. The summed E-state index contributed by atoms with van der Waals surface area (Å²) in [7, 11) is 1.53. The summed E-state index contributed by atoms with van der Waals surface area (Å²) in [6.45, 7) is 4.39. The molecule has 31 heavy (non-hydrogen) atoms. The van der Waals surface area contributed by atoms with E-state index in [-0.39, 0.29) is 23.6 Å². The molecule has 2 aromatic rings. The van der Waals surface area contributed by atoms with Gasteiger partial charge in [-0.3, -0.25) is 14.4 Å². The largest absolute Gasteiger partial charge is 0.494 e. The van der Waals surface area contributed by atoms with Crippen LogP contribution in [0.15, 0.2) is 46.9 Å². The van der Waals surface area contributed by atoms with Gasteiger partial charge < -0.3 is 20.3 Å². The topological polar surface area (TPSA) is 87.7 Å². The van der Waals surface area contributed by atoms with Crippen LogP contribution in [0.2, 0.25) is 0 Å². The molecule has 0 saturated carbocycles. The first-order valence-electron chi connectivity index (χ1n) is 10.2. The number of anilines is 2. The summed E-state index contributed by atoms with van der Waals surface area (Å²) < 4.78 is 6.11.